The van der Waals surface area contributed by atoms with Crippen LogP contribution < -0.4 is 10.1 Å². The predicted molar refractivity (Wildman–Crippen MR) is 111 cm³/mol. The maximum absolute atomic E-state index is 6.11. The highest BCUT2D eigenvalue weighted by Gasteiger charge is 2.09. The lowest BCUT2D eigenvalue weighted by Crippen LogP contribution is -2.19. The van der Waals surface area contributed by atoms with Gasteiger partial charge in [0.15, 0.2) is 0 Å². The van der Waals surface area contributed by atoms with E-state index in [0.29, 0.717) is 13.2 Å². The molecule has 138 valence electrons. The highest BCUT2D eigenvalue weighted by atomic mass is 35.5. The SMILES string of the molecule is COCCNCc1c(OCc2ccc(Cl)cc2)ccc2ccccc12.Cl. The number of methoxy groups -OCH3 is 1. The molecule has 0 spiro atoms. The van der Waals surface area contributed by atoms with E-state index < -0.39 is 0 Å². The highest BCUT2D eigenvalue weighted by Crippen LogP contribution is 2.28. The Labute approximate surface area is 165 Å². The molecule has 0 aliphatic carbocycles. The summed E-state index contributed by atoms with van der Waals surface area (Å²) >= 11 is 5.94. The van der Waals surface area contributed by atoms with E-state index >= 15 is 0 Å². The first-order valence-corrected chi connectivity index (χ1v) is 8.73. The van der Waals surface area contributed by atoms with Crippen LogP contribution in [0.1, 0.15) is 11.1 Å². The van der Waals surface area contributed by atoms with E-state index in [9.17, 15) is 0 Å². The van der Waals surface area contributed by atoms with Gasteiger partial charge in [-0.15, -0.1) is 12.4 Å². The van der Waals surface area contributed by atoms with Crippen LogP contribution in [0.4, 0.5) is 0 Å². The molecule has 0 aliphatic heterocycles. The standard InChI is InChI=1S/C21H22ClNO2.ClH/c1-24-13-12-23-14-20-19-5-3-2-4-17(19)8-11-21(20)25-15-16-6-9-18(22)10-7-16;/h2-11,23H,12-15H2,1H3;1H. The molecule has 0 heterocycles. The first-order chi connectivity index (χ1) is 12.3. The number of benzene rings is 3. The van der Waals surface area contributed by atoms with Crippen LogP contribution in [-0.2, 0) is 17.9 Å². The van der Waals surface area contributed by atoms with E-state index in [1.165, 1.54) is 16.3 Å². The molecule has 0 saturated carbocycles. The Morgan fingerprint density at radius 3 is 2.50 bits per heavy atom. The van der Waals surface area contributed by atoms with E-state index in [4.69, 9.17) is 21.1 Å². The molecule has 0 aromatic heterocycles. The Morgan fingerprint density at radius 1 is 0.962 bits per heavy atom. The highest BCUT2D eigenvalue weighted by molar-refractivity contribution is 6.30. The third kappa shape index (κ3) is 5.36. The van der Waals surface area contributed by atoms with Gasteiger partial charge in [-0.1, -0.05) is 54.1 Å². The van der Waals surface area contributed by atoms with Crippen molar-refractivity contribution in [3.05, 3.63) is 76.8 Å². The second kappa shape index (κ2) is 10.4. The van der Waals surface area contributed by atoms with Gasteiger partial charge >= 0.3 is 0 Å². The molecule has 0 fully saturated rings. The van der Waals surface area contributed by atoms with Crippen LogP contribution >= 0.6 is 24.0 Å². The lowest BCUT2D eigenvalue weighted by Gasteiger charge is -2.15. The number of rotatable bonds is 8. The molecule has 0 radical (unpaired) electrons. The second-order valence-corrected chi connectivity index (χ2v) is 6.28. The Morgan fingerprint density at radius 2 is 1.73 bits per heavy atom. The summed E-state index contributed by atoms with van der Waals surface area (Å²) in [6.07, 6.45) is 0. The number of halogens is 2. The summed E-state index contributed by atoms with van der Waals surface area (Å²) in [5, 5.41) is 6.57. The molecule has 1 N–H and O–H groups in total. The predicted octanol–water partition coefficient (Wildman–Crippen LogP) is 5.23. The summed E-state index contributed by atoms with van der Waals surface area (Å²) in [6, 6.07) is 20.3. The molecule has 0 aliphatic rings. The molecule has 0 atom stereocenters. The molecule has 3 aromatic rings. The van der Waals surface area contributed by atoms with Crippen molar-refractivity contribution in [3.8, 4) is 5.75 Å². The summed E-state index contributed by atoms with van der Waals surface area (Å²) in [5.41, 5.74) is 2.26. The molecule has 0 unspecified atom stereocenters. The molecule has 5 heteroatoms. The largest absolute Gasteiger partial charge is 0.489 e. The summed E-state index contributed by atoms with van der Waals surface area (Å²) in [5.74, 6) is 0.901. The minimum Gasteiger partial charge on any atom is -0.489 e. The van der Waals surface area contributed by atoms with Gasteiger partial charge in [-0.2, -0.15) is 0 Å². The third-order valence-electron chi connectivity index (χ3n) is 4.09. The van der Waals surface area contributed by atoms with Crippen molar-refractivity contribution in [2.24, 2.45) is 0 Å². The summed E-state index contributed by atoms with van der Waals surface area (Å²) in [4.78, 5) is 0. The van der Waals surface area contributed by atoms with Gasteiger partial charge in [-0.25, -0.2) is 0 Å². The molecule has 0 saturated heterocycles. The lowest BCUT2D eigenvalue weighted by molar-refractivity contribution is 0.199. The van der Waals surface area contributed by atoms with Crippen LogP contribution in [0.5, 0.6) is 5.75 Å². The summed E-state index contributed by atoms with van der Waals surface area (Å²) in [6.45, 7) is 2.74. The fourth-order valence-electron chi connectivity index (χ4n) is 2.76. The summed E-state index contributed by atoms with van der Waals surface area (Å²) < 4.78 is 11.2. The Balaban J connectivity index is 0.00000243. The zero-order valence-corrected chi connectivity index (χ0v) is 16.3. The van der Waals surface area contributed by atoms with Crippen LogP contribution in [-0.4, -0.2) is 20.3 Å². The zero-order chi connectivity index (χ0) is 17.5. The normalized spacial score (nSPS) is 10.5. The van der Waals surface area contributed by atoms with Gasteiger partial charge in [0.1, 0.15) is 12.4 Å². The first kappa shape index (κ1) is 20.5. The van der Waals surface area contributed by atoms with Crippen molar-refractivity contribution in [1.29, 1.82) is 0 Å². The van der Waals surface area contributed by atoms with Crippen LogP contribution in [0, 0.1) is 0 Å². The monoisotopic (exact) mass is 391 g/mol. The molecular formula is C21H23Cl2NO2. The molecule has 26 heavy (non-hydrogen) atoms. The van der Waals surface area contributed by atoms with Crippen molar-refractivity contribution in [3.63, 3.8) is 0 Å². The quantitative estimate of drug-likeness (QED) is 0.533. The molecule has 3 aromatic carbocycles. The Hall–Kier alpha value is -1.78. The van der Waals surface area contributed by atoms with Gasteiger partial charge in [0.2, 0.25) is 0 Å². The number of ether oxygens (including phenoxy) is 2. The van der Waals surface area contributed by atoms with E-state index in [2.05, 4.69) is 35.6 Å². The summed E-state index contributed by atoms with van der Waals surface area (Å²) in [7, 11) is 1.71. The zero-order valence-electron chi connectivity index (χ0n) is 14.7. The maximum atomic E-state index is 6.11. The fraction of sp³-hybridized carbons (Fsp3) is 0.238. The molecule has 3 rings (SSSR count). The van der Waals surface area contributed by atoms with Crippen molar-refractivity contribution in [2.75, 3.05) is 20.3 Å². The second-order valence-electron chi connectivity index (χ2n) is 5.85. The topological polar surface area (TPSA) is 30.5 Å². The van der Waals surface area contributed by atoms with Crippen molar-refractivity contribution in [1.82, 2.24) is 5.32 Å². The molecular weight excluding hydrogens is 369 g/mol. The van der Waals surface area contributed by atoms with Crippen LogP contribution in [0.25, 0.3) is 10.8 Å². The van der Waals surface area contributed by atoms with E-state index in [0.717, 1.165) is 29.4 Å². The van der Waals surface area contributed by atoms with Gasteiger partial charge < -0.3 is 14.8 Å². The minimum atomic E-state index is 0. The van der Waals surface area contributed by atoms with Gasteiger partial charge in [-0.05, 0) is 34.5 Å². The number of hydrogen-bond donors (Lipinski definition) is 1. The average Bonchev–Trinajstić information content (AvgIpc) is 2.65. The number of fused-ring (bicyclic) bond motifs is 1. The van der Waals surface area contributed by atoms with Crippen LogP contribution in [0.2, 0.25) is 5.02 Å². The third-order valence-corrected chi connectivity index (χ3v) is 4.34. The maximum Gasteiger partial charge on any atom is 0.124 e. The van der Waals surface area contributed by atoms with Gasteiger partial charge in [0, 0.05) is 30.8 Å². The van der Waals surface area contributed by atoms with Crippen molar-refractivity contribution in [2.45, 2.75) is 13.2 Å². The van der Waals surface area contributed by atoms with E-state index in [-0.39, 0.29) is 12.4 Å². The molecule has 0 bridgehead atoms. The van der Waals surface area contributed by atoms with Gasteiger partial charge in [-0.3, -0.25) is 0 Å². The Bertz CT molecular complexity index is 822. The van der Waals surface area contributed by atoms with E-state index in [1.54, 1.807) is 7.11 Å². The smallest absolute Gasteiger partial charge is 0.124 e. The van der Waals surface area contributed by atoms with Gasteiger partial charge in [0.05, 0.1) is 6.61 Å². The van der Waals surface area contributed by atoms with Crippen LogP contribution in [0.3, 0.4) is 0 Å². The van der Waals surface area contributed by atoms with Gasteiger partial charge in [0.25, 0.3) is 0 Å². The van der Waals surface area contributed by atoms with Crippen LogP contribution in [0.15, 0.2) is 60.7 Å². The fourth-order valence-corrected chi connectivity index (χ4v) is 2.89. The minimum absolute atomic E-state index is 0. The number of hydrogen-bond acceptors (Lipinski definition) is 3. The van der Waals surface area contributed by atoms with Crippen molar-refractivity contribution >= 4 is 34.8 Å². The Kier molecular flexibility index (Phi) is 8.20. The van der Waals surface area contributed by atoms with Crippen molar-refractivity contribution < 1.29 is 9.47 Å². The first-order valence-electron chi connectivity index (χ1n) is 8.35. The molecule has 0 amide bonds. The lowest BCUT2D eigenvalue weighted by atomic mass is 10.0. The van der Waals surface area contributed by atoms with E-state index in [1.807, 2.05) is 30.3 Å². The molecule has 3 nitrogen and oxygen atoms in total. The average molecular weight is 392 g/mol. The number of nitrogens with one attached hydrogen (secondary N) is 1.